The summed E-state index contributed by atoms with van der Waals surface area (Å²) in [4.78, 5) is 17.1. The molecule has 2 amide bonds. The molecule has 0 aromatic heterocycles. The normalized spacial score (nSPS) is 17.0. The maximum atomic E-state index is 12.7. The Morgan fingerprint density at radius 1 is 1.15 bits per heavy atom. The number of nitrogens with zero attached hydrogens (tertiary/aromatic N) is 2. The molecule has 0 saturated carbocycles. The fraction of sp³-hybridized carbons (Fsp3) is 0.435. The van der Waals surface area contributed by atoms with E-state index in [0.717, 1.165) is 39.0 Å². The molecule has 1 saturated heterocycles. The van der Waals surface area contributed by atoms with E-state index in [-0.39, 0.29) is 6.03 Å². The third kappa shape index (κ3) is 5.57. The van der Waals surface area contributed by atoms with E-state index in [1.165, 1.54) is 16.7 Å². The summed E-state index contributed by atoms with van der Waals surface area (Å²) in [5.41, 5.74) is 3.87. The maximum absolute atomic E-state index is 12.7. The van der Waals surface area contributed by atoms with Gasteiger partial charge < -0.3 is 10.2 Å². The van der Waals surface area contributed by atoms with Crippen LogP contribution < -0.4 is 5.32 Å². The van der Waals surface area contributed by atoms with Crippen LogP contribution in [-0.4, -0.2) is 48.1 Å². The van der Waals surface area contributed by atoms with Crippen molar-refractivity contribution in [2.24, 2.45) is 0 Å². The first kappa shape index (κ1) is 19.4. The Bertz CT molecular complexity index is 731. The van der Waals surface area contributed by atoms with Crippen molar-refractivity contribution in [1.29, 1.82) is 0 Å². The number of hydrogen-bond donors (Lipinski definition) is 1. The second-order valence-corrected chi connectivity index (χ2v) is 7.42. The van der Waals surface area contributed by atoms with E-state index in [0.29, 0.717) is 12.6 Å². The Morgan fingerprint density at radius 2 is 1.93 bits per heavy atom. The summed E-state index contributed by atoms with van der Waals surface area (Å²) in [5, 5.41) is 3.11. The Kier molecular flexibility index (Phi) is 6.88. The average molecular weight is 366 g/mol. The van der Waals surface area contributed by atoms with Gasteiger partial charge in [0.15, 0.2) is 0 Å². The molecule has 1 aliphatic heterocycles. The summed E-state index contributed by atoms with van der Waals surface area (Å²) >= 11 is 0. The van der Waals surface area contributed by atoms with E-state index in [9.17, 15) is 4.79 Å². The molecule has 4 nitrogen and oxygen atoms in total. The molecule has 1 atom stereocenters. The van der Waals surface area contributed by atoms with Gasteiger partial charge in [-0.25, -0.2) is 4.79 Å². The van der Waals surface area contributed by atoms with Crippen molar-refractivity contribution in [3.63, 3.8) is 0 Å². The number of likely N-dealkylation sites (tertiary alicyclic amines) is 1. The molecule has 1 heterocycles. The third-order valence-electron chi connectivity index (χ3n) is 5.31. The first-order chi connectivity index (χ1) is 13.2. The number of benzene rings is 2. The Balaban J connectivity index is 1.47. The van der Waals surface area contributed by atoms with Gasteiger partial charge in [-0.2, -0.15) is 0 Å². The quantitative estimate of drug-likeness (QED) is 0.809. The van der Waals surface area contributed by atoms with Crippen LogP contribution in [0.4, 0.5) is 4.79 Å². The first-order valence-electron chi connectivity index (χ1n) is 10.0. The standard InChI is InChI=1S/C23H31N3O/c1-3-26(23(27)24-14-12-20-11-7-8-19(2)16-20)22-13-15-25(18-22)17-21-9-5-4-6-10-21/h4-11,16,22H,3,12-15,17-18H2,1-2H3,(H,24,27). The first-order valence-corrected chi connectivity index (χ1v) is 10.0. The van der Waals surface area contributed by atoms with Crippen molar-refractivity contribution >= 4 is 6.03 Å². The molecule has 1 fully saturated rings. The molecule has 1 N–H and O–H groups in total. The van der Waals surface area contributed by atoms with E-state index in [2.05, 4.69) is 78.7 Å². The fourth-order valence-electron chi connectivity index (χ4n) is 3.90. The van der Waals surface area contributed by atoms with Crippen LogP contribution in [0.2, 0.25) is 0 Å². The van der Waals surface area contributed by atoms with E-state index < -0.39 is 0 Å². The summed E-state index contributed by atoms with van der Waals surface area (Å²) in [6.07, 6.45) is 1.92. The van der Waals surface area contributed by atoms with E-state index in [1.54, 1.807) is 0 Å². The number of likely N-dealkylation sites (N-methyl/N-ethyl adjacent to an activating group) is 1. The topological polar surface area (TPSA) is 35.6 Å². The summed E-state index contributed by atoms with van der Waals surface area (Å²) in [6, 6.07) is 19.4. The molecule has 0 aliphatic carbocycles. The van der Waals surface area contributed by atoms with Crippen molar-refractivity contribution in [2.75, 3.05) is 26.2 Å². The van der Waals surface area contributed by atoms with E-state index >= 15 is 0 Å². The average Bonchev–Trinajstić information content (AvgIpc) is 3.11. The van der Waals surface area contributed by atoms with Gasteiger partial charge in [0.1, 0.15) is 0 Å². The molecule has 0 radical (unpaired) electrons. The van der Waals surface area contributed by atoms with Crippen LogP contribution in [0, 0.1) is 6.92 Å². The highest BCUT2D eigenvalue weighted by Crippen LogP contribution is 2.18. The Morgan fingerprint density at radius 3 is 2.67 bits per heavy atom. The summed E-state index contributed by atoms with van der Waals surface area (Å²) in [6.45, 7) is 8.56. The lowest BCUT2D eigenvalue weighted by Crippen LogP contribution is -2.47. The van der Waals surface area contributed by atoms with Crippen LogP contribution in [0.3, 0.4) is 0 Å². The smallest absolute Gasteiger partial charge is 0.317 e. The van der Waals surface area contributed by atoms with Crippen LogP contribution in [0.1, 0.15) is 30.0 Å². The molecule has 2 aromatic carbocycles. The molecule has 2 aromatic rings. The molecule has 4 heteroatoms. The number of carbonyl (C=O) groups excluding carboxylic acids is 1. The summed E-state index contributed by atoms with van der Waals surface area (Å²) in [5.74, 6) is 0. The molecule has 0 spiro atoms. The second kappa shape index (κ2) is 9.56. The minimum Gasteiger partial charge on any atom is -0.338 e. The van der Waals surface area contributed by atoms with Gasteiger partial charge in [0.25, 0.3) is 0 Å². The molecular formula is C23H31N3O. The lowest BCUT2D eigenvalue weighted by atomic mass is 10.1. The Labute approximate surface area is 163 Å². The van der Waals surface area contributed by atoms with Gasteiger partial charge in [-0.1, -0.05) is 60.2 Å². The highest BCUT2D eigenvalue weighted by atomic mass is 16.2. The minimum absolute atomic E-state index is 0.0664. The molecule has 0 bridgehead atoms. The number of aryl methyl sites for hydroxylation is 1. The van der Waals surface area contributed by atoms with E-state index in [4.69, 9.17) is 0 Å². The fourth-order valence-corrected chi connectivity index (χ4v) is 3.90. The Hall–Kier alpha value is -2.33. The van der Waals surface area contributed by atoms with Gasteiger partial charge in [-0.15, -0.1) is 0 Å². The molecular weight excluding hydrogens is 334 g/mol. The zero-order chi connectivity index (χ0) is 19.1. The summed E-state index contributed by atoms with van der Waals surface area (Å²) in [7, 11) is 0. The highest BCUT2D eigenvalue weighted by molar-refractivity contribution is 5.74. The van der Waals surface area contributed by atoms with Crippen LogP contribution in [0.15, 0.2) is 54.6 Å². The van der Waals surface area contributed by atoms with Gasteiger partial charge >= 0.3 is 6.03 Å². The highest BCUT2D eigenvalue weighted by Gasteiger charge is 2.29. The molecule has 27 heavy (non-hydrogen) atoms. The van der Waals surface area contributed by atoms with E-state index in [1.807, 2.05) is 4.90 Å². The second-order valence-electron chi connectivity index (χ2n) is 7.42. The number of rotatable bonds is 7. The monoisotopic (exact) mass is 365 g/mol. The van der Waals surface area contributed by atoms with Crippen molar-refractivity contribution in [3.05, 3.63) is 71.3 Å². The number of urea groups is 1. The SMILES string of the molecule is CCN(C(=O)NCCc1cccc(C)c1)C1CCN(Cc2ccccc2)C1. The minimum atomic E-state index is 0.0664. The van der Waals surface area contributed by atoms with Gasteiger partial charge in [-0.05, 0) is 37.8 Å². The lowest BCUT2D eigenvalue weighted by Gasteiger charge is -2.28. The van der Waals surface area contributed by atoms with Gasteiger partial charge in [0, 0.05) is 38.8 Å². The molecule has 1 unspecified atom stereocenters. The third-order valence-corrected chi connectivity index (χ3v) is 5.31. The largest absolute Gasteiger partial charge is 0.338 e. The van der Waals surface area contributed by atoms with Crippen molar-refractivity contribution < 1.29 is 4.79 Å². The molecule has 1 aliphatic rings. The number of carbonyl (C=O) groups is 1. The van der Waals surface area contributed by atoms with Gasteiger partial charge in [-0.3, -0.25) is 4.90 Å². The lowest BCUT2D eigenvalue weighted by molar-refractivity contribution is 0.176. The van der Waals surface area contributed by atoms with Crippen LogP contribution in [0.5, 0.6) is 0 Å². The van der Waals surface area contributed by atoms with Crippen molar-refractivity contribution in [1.82, 2.24) is 15.1 Å². The van der Waals surface area contributed by atoms with Gasteiger partial charge in [0.05, 0.1) is 0 Å². The van der Waals surface area contributed by atoms with Crippen molar-refractivity contribution in [2.45, 2.75) is 39.3 Å². The zero-order valence-electron chi connectivity index (χ0n) is 16.5. The number of hydrogen-bond acceptors (Lipinski definition) is 2. The van der Waals surface area contributed by atoms with Crippen LogP contribution in [0.25, 0.3) is 0 Å². The zero-order valence-corrected chi connectivity index (χ0v) is 16.5. The predicted octanol–water partition coefficient (Wildman–Crippen LogP) is 3.84. The number of nitrogens with one attached hydrogen (secondary N) is 1. The molecule has 3 rings (SSSR count). The predicted molar refractivity (Wildman–Crippen MR) is 111 cm³/mol. The van der Waals surface area contributed by atoms with Gasteiger partial charge in [0.2, 0.25) is 0 Å². The van der Waals surface area contributed by atoms with Crippen LogP contribution in [-0.2, 0) is 13.0 Å². The van der Waals surface area contributed by atoms with Crippen LogP contribution >= 0.6 is 0 Å². The van der Waals surface area contributed by atoms with Crippen molar-refractivity contribution in [3.8, 4) is 0 Å². The summed E-state index contributed by atoms with van der Waals surface area (Å²) < 4.78 is 0. The molecule has 144 valence electrons. The maximum Gasteiger partial charge on any atom is 0.317 e. The number of amides is 2.